The van der Waals surface area contributed by atoms with Crippen molar-refractivity contribution < 1.29 is 4.42 Å². The van der Waals surface area contributed by atoms with E-state index in [1.807, 2.05) is 6.92 Å². The van der Waals surface area contributed by atoms with E-state index in [1.54, 1.807) is 29.3 Å². The number of nitrogens with zero attached hydrogens (tertiary/aromatic N) is 6. The van der Waals surface area contributed by atoms with E-state index in [-0.39, 0.29) is 5.95 Å². The highest BCUT2D eigenvalue weighted by molar-refractivity contribution is 5.90. The van der Waals surface area contributed by atoms with E-state index in [0.29, 0.717) is 29.4 Å². The number of nitrogen functional groups attached to an aromatic ring is 1. The number of aromatic nitrogens is 6. The Morgan fingerprint density at radius 2 is 2.20 bits per heavy atom. The second-order valence-electron chi connectivity index (χ2n) is 4.32. The highest BCUT2D eigenvalue weighted by atomic mass is 16.3. The number of aryl methyl sites for hydroxylation is 1. The maximum absolute atomic E-state index is 5.95. The Kier molecular flexibility index (Phi) is 2.08. The fraction of sp³-hybridized carbons (Fsp3) is 0.167. The molecule has 0 fully saturated rings. The zero-order valence-electron chi connectivity index (χ0n) is 10.7. The summed E-state index contributed by atoms with van der Waals surface area (Å²) in [7, 11) is 0. The molecule has 0 radical (unpaired) electrons. The van der Waals surface area contributed by atoms with Crippen LogP contribution in [0.15, 0.2) is 29.0 Å². The average molecular weight is 269 g/mol. The zero-order chi connectivity index (χ0) is 13.7. The van der Waals surface area contributed by atoms with Gasteiger partial charge in [-0.25, -0.2) is 9.67 Å². The fourth-order valence-corrected chi connectivity index (χ4v) is 2.20. The Labute approximate surface area is 112 Å². The van der Waals surface area contributed by atoms with Gasteiger partial charge in [0.15, 0.2) is 17.1 Å². The number of hydrogen-bond acceptors (Lipinski definition) is 6. The van der Waals surface area contributed by atoms with E-state index in [0.717, 1.165) is 5.39 Å². The van der Waals surface area contributed by atoms with Crippen LogP contribution in [-0.4, -0.2) is 29.4 Å². The lowest BCUT2D eigenvalue weighted by Gasteiger charge is -2.00. The SMILES string of the molecule is CCn1ncc2c1nc(N)n1nc(-c3ccco3)nc21. The summed E-state index contributed by atoms with van der Waals surface area (Å²) in [6.45, 7) is 2.71. The quantitative estimate of drug-likeness (QED) is 0.589. The van der Waals surface area contributed by atoms with Crippen LogP contribution in [0.25, 0.3) is 28.3 Å². The molecule has 0 saturated heterocycles. The van der Waals surface area contributed by atoms with Crippen LogP contribution in [0.5, 0.6) is 0 Å². The first-order chi connectivity index (χ1) is 9.78. The number of hydrogen-bond donors (Lipinski definition) is 1. The number of rotatable bonds is 2. The summed E-state index contributed by atoms with van der Waals surface area (Å²) in [6.07, 6.45) is 3.30. The van der Waals surface area contributed by atoms with Crippen molar-refractivity contribution in [2.75, 3.05) is 5.73 Å². The minimum atomic E-state index is 0.271. The third kappa shape index (κ3) is 1.35. The Morgan fingerprint density at radius 1 is 1.30 bits per heavy atom. The molecule has 4 heterocycles. The van der Waals surface area contributed by atoms with E-state index >= 15 is 0 Å². The van der Waals surface area contributed by atoms with Crippen molar-refractivity contribution in [3.05, 3.63) is 24.6 Å². The van der Waals surface area contributed by atoms with Crippen molar-refractivity contribution in [1.29, 1.82) is 0 Å². The average Bonchev–Trinajstić information content (AvgIpc) is 3.16. The molecule has 8 heteroatoms. The Morgan fingerprint density at radius 3 is 2.95 bits per heavy atom. The summed E-state index contributed by atoms with van der Waals surface area (Å²) in [5, 5.41) is 9.41. The van der Waals surface area contributed by atoms with Gasteiger partial charge < -0.3 is 10.2 Å². The molecule has 2 N–H and O–H groups in total. The predicted molar refractivity (Wildman–Crippen MR) is 71.9 cm³/mol. The van der Waals surface area contributed by atoms with Crippen LogP contribution in [0.2, 0.25) is 0 Å². The standard InChI is InChI=1S/C12H11N7O/c1-2-18-10-7(6-14-18)11-15-9(8-4-3-5-20-8)17-19(11)12(13)16-10/h3-6H,2H2,1H3,(H2,13,16). The monoisotopic (exact) mass is 269 g/mol. The van der Waals surface area contributed by atoms with Crippen molar-refractivity contribution >= 4 is 22.6 Å². The van der Waals surface area contributed by atoms with Gasteiger partial charge in [0.2, 0.25) is 11.8 Å². The Bertz CT molecular complexity index is 903. The second-order valence-corrected chi connectivity index (χ2v) is 4.32. The van der Waals surface area contributed by atoms with Gasteiger partial charge in [0.1, 0.15) is 0 Å². The van der Waals surface area contributed by atoms with Gasteiger partial charge in [0, 0.05) is 6.54 Å². The predicted octanol–water partition coefficient (Wildman–Crippen LogP) is 1.34. The van der Waals surface area contributed by atoms with Gasteiger partial charge in [-0.1, -0.05) is 0 Å². The molecule has 0 aliphatic heterocycles. The van der Waals surface area contributed by atoms with Gasteiger partial charge in [-0.3, -0.25) is 0 Å². The van der Waals surface area contributed by atoms with Gasteiger partial charge in [0.05, 0.1) is 17.8 Å². The van der Waals surface area contributed by atoms with Crippen LogP contribution >= 0.6 is 0 Å². The van der Waals surface area contributed by atoms with Gasteiger partial charge in [0.25, 0.3) is 0 Å². The lowest BCUT2D eigenvalue weighted by molar-refractivity contribution is 0.577. The van der Waals surface area contributed by atoms with Crippen molar-refractivity contribution in [2.45, 2.75) is 13.5 Å². The highest BCUT2D eigenvalue weighted by Crippen LogP contribution is 2.23. The second kappa shape index (κ2) is 3.80. The van der Waals surface area contributed by atoms with Gasteiger partial charge in [-0.15, -0.1) is 5.10 Å². The van der Waals surface area contributed by atoms with Crippen LogP contribution < -0.4 is 5.73 Å². The van der Waals surface area contributed by atoms with Gasteiger partial charge in [-0.2, -0.15) is 14.6 Å². The molecule has 0 spiro atoms. The fourth-order valence-electron chi connectivity index (χ4n) is 2.20. The van der Waals surface area contributed by atoms with Crippen LogP contribution in [0.3, 0.4) is 0 Å². The molecule has 0 bridgehead atoms. The molecule has 8 nitrogen and oxygen atoms in total. The van der Waals surface area contributed by atoms with E-state index in [2.05, 4.69) is 20.2 Å². The number of anilines is 1. The molecule has 100 valence electrons. The van der Waals surface area contributed by atoms with Crippen LogP contribution in [-0.2, 0) is 6.54 Å². The molecule has 0 aliphatic rings. The summed E-state index contributed by atoms with van der Waals surface area (Å²) in [4.78, 5) is 8.81. The summed E-state index contributed by atoms with van der Waals surface area (Å²) in [6, 6.07) is 3.58. The normalized spacial score (nSPS) is 11.7. The summed E-state index contributed by atoms with van der Waals surface area (Å²) in [5.74, 6) is 1.33. The molecule has 0 atom stereocenters. The van der Waals surface area contributed by atoms with Gasteiger partial charge in [-0.05, 0) is 19.1 Å². The smallest absolute Gasteiger partial charge is 0.225 e. The maximum atomic E-state index is 5.95. The molecule has 0 amide bonds. The topological polar surface area (TPSA) is 100 Å². The van der Waals surface area contributed by atoms with Crippen LogP contribution in [0.1, 0.15) is 6.92 Å². The minimum absolute atomic E-state index is 0.271. The first-order valence-electron chi connectivity index (χ1n) is 6.19. The third-order valence-electron chi connectivity index (χ3n) is 3.14. The number of furan rings is 1. The molecule has 0 aliphatic carbocycles. The van der Waals surface area contributed by atoms with E-state index in [1.165, 1.54) is 4.52 Å². The first kappa shape index (κ1) is 11.0. The molecule has 0 aromatic carbocycles. The van der Waals surface area contributed by atoms with Crippen molar-refractivity contribution in [2.24, 2.45) is 0 Å². The summed E-state index contributed by atoms with van der Waals surface area (Å²) in [5.41, 5.74) is 7.28. The van der Waals surface area contributed by atoms with E-state index in [9.17, 15) is 0 Å². The van der Waals surface area contributed by atoms with Crippen molar-refractivity contribution in [3.8, 4) is 11.6 Å². The van der Waals surface area contributed by atoms with Crippen LogP contribution in [0.4, 0.5) is 5.95 Å². The lowest BCUT2D eigenvalue weighted by atomic mass is 10.4. The molecule has 4 aromatic rings. The summed E-state index contributed by atoms with van der Waals surface area (Å²) < 4.78 is 8.58. The van der Waals surface area contributed by atoms with E-state index in [4.69, 9.17) is 10.2 Å². The Hall–Kier alpha value is -2.90. The van der Waals surface area contributed by atoms with Crippen molar-refractivity contribution in [3.63, 3.8) is 0 Å². The van der Waals surface area contributed by atoms with Gasteiger partial charge >= 0.3 is 0 Å². The molecule has 0 saturated carbocycles. The van der Waals surface area contributed by atoms with Crippen LogP contribution in [0, 0.1) is 0 Å². The molecular weight excluding hydrogens is 258 g/mol. The zero-order valence-corrected chi connectivity index (χ0v) is 10.7. The minimum Gasteiger partial charge on any atom is -0.461 e. The molecule has 20 heavy (non-hydrogen) atoms. The largest absolute Gasteiger partial charge is 0.461 e. The third-order valence-corrected chi connectivity index (χ3v) is 3.14. The first-order valence-corrected chi connectivity index (χ1v) is 6.19. The number of nitrogens with two attached hydrogens (primary N) is 1. The maximum Gasteiger partial charge on any atom is 0.225 e. The van der Waals surface area contributed by atoms with E-state index < -0.39 is 0 Å². The van der Waals surface area contributed by atoms with Crippen molar-refractivity contribution in [1.82, 2.24) is 29.4 Å². The molecule has 0 unspecified atom stereocenters. The lowest BCUT2D eigenvalue weighted by Crippen LogP contribution is -2.05. The summed E-state index contributed by atoms with van der Waals surface area (Å²) >= 11 is 0. The molecule has 4 rings (SSSR count). The highest BCUT2D eigenvalue weighted by Gasteiger charge is 2.16. The number of fused-ring (bicyclic) bond motifs is 3. The molecular formula is C12H11N7O. The molecule has 4 aromatic heterocycles. The Balaban J connectivity index is 2.08.